The minimum Gasteiger partial charge on any atom is -0.294 e. The van der Waals surface area contributed by atoms with Gasteiger partial charge in [0.05, 0.1) is 0 Å². The van der Waals surface area contributed by atoms with Gasteiger partial charge >= 0.3 is 0 Å². The number of nitrogens with zero attached hydrogens (tertiary/aromatic N) is 1. The van der Waals surface area contributed by atoms with Gasteiger partial charge in [-0.05, 0) is 25.0 Å². The molecule has 0 fully saturated rings. The van der Waals surface area contributed by atoms with Crippen LogP contribution in [-0.2, 0) is 0 Å². The van der Waals surface area contributed by atoms with Crippen molar-refractivity contribution in [1.29, 1.82) is 0 Å². The Balaban J connectivity index is 2.89. The summed E-state index contributed by atoms with van der Waals surface area (Å²) < 4.78 is 0. The highest BCUT2D eigenvalue weighted by Gasteiger charge is 2.12. The van der Waals surface area contributed by atoms with E-state index in [9.17, 15) is 4.79 Å². The number of Topliss-reactive ketones (excluding diaryl/α,β-unsaturated/α-hetero) is 1. The molecule has 0 radical (unpaired) electrons. The van der Waals surface area contributed by atoms with E-state index in [1.54, 1.807) is 12.4 Å². The van der Waals surface area contributed by atoms with E-state index in [1.165, 1.54) is 0 Å². The van der Waals surface area contributed by atoms with Crippen LogP contribution in [0.4, 0.5) is 0 Å². The first kappa shape index (κ1) is 9.90. The highest BCUT2D eigenvalue weighted by molar-refractivity contribution is 5.97. The second kappa shape index (κ2) is 4.17. The molecule has 0 aliphatic carbocycles. The van der Waals surface area contributed by atoms with Crippen LogP contribution in [0.5, 0.6) is 0 Å². The molecule has 1 heterocycles. The number of rotatable bonds is 3. The number of aromatic nitrogens is 1. The van der Waals surface area contributed by atoms with Crippen molar-refractivity contribution in [2.75, 3.05) is 0 Å². The van der Waals surface area contributed by atoms with E-state index in [0.717, 1.165) is 17.5 Å². The maximum atomic E-state index is 11.7. The Morgan fingerprint density at radius 3 is 2.77 bits per heavy atom. The summed E-state index contributed by atoms with van der Waals surface area (Å²) >= 11 is 0. The molecule has 13 heavy (non-hydrogen) atoms. The van der Waals surface area contributed by atoms with Crippen LogP contribution < -0.4 is 0 Å². The highest BCUT2D eigenvalue weighted by Crippen LogP contribution is 2.11. The third-order valence-electron chi connectivity index (χ3n) is 2.22. The molecule has 0 bridgehead atoms. The van der Waals surface area contributed by atoms with Crippen molar-refractivity contribution >= 4 is 5.78 Å². The Bertz CT molecular complexity index is 307. The number of hydrogen-bond acceptors (Lipinski definition) is 2. The Kier molecular flexibility index (Phi) is 3.18. The fraction of sp³-hybridized carbons (Fsp3) is 0.455. The second-order valence-electron chi connectivity index (χ2n) is 3.42. The van der Waals surface area contributed by atoms with Crippen molar-refractivity contribution in [2.45, 2.75) is 27.2 Å². The lowest BCUT2D eigenvalue weighted by molar-refractivity contribution is 0.0927. The lowest BCUT2D eigenvalue weighted by atomic mass is 9.98. The average Bonchev–Trinajstić information content (AvgIpc) is 2.15. The Morgan fingerprint density at radius 2 is 2.23 bits per heavy atom. The Hall–Kier alpha value is -1.18. The van der Waals surface area contributed by atoms with Crippen LogP contribution in [0.3, 0.4) is 0 Å². The van der Waals surface area contributed by atoms with Gasteiger partial charge < -0.3 is 0 Å². The molecule has 0 aliphatic rings. The lowest BCUT2D eigenvalue weighted by Crippen LogP contribution is -2.10. The van der Waals surface area contributed by atoms with Crippen molar-refractivity contribution in [3.8, 4) is 0 Å². The molecule has 1 aromatic rings. The number of carbonyl (C=O) groups is 1. The average molecular weight is 177 g/mol. The maximum Gasteiger partial charge on any atom is 0.167 e. The summed E-state index contributed by atoms with van der Waals surface area (Å²) in [6, 6.07) is 1.89. The summed E-state index contributed by atoms with van der Waals surface area (Å²) in [7, 11) is 0. The predicted octanol–water partition coefficient (Wildman–Crippen LogP) is 2.62. The zero-order valence-corrected chi connectivity index (χ0v) is 8.37. The third-order valence-corrected chi connectivity index (χ3v) is 2.22. The molecule has 0 aliphatic heterocycles. The van der Waals surface area contributed by atoms with Crippen LogP contribution in [0.25, 0.3) is 0 Å². The minimum atomic E-state index is 0.101. The summed E-state index contributed by atoms with van der Waals surface area (Å²) in [5.74, 6) is 0.294. The van der Waals surface area contributed by atoms with Crippen molar-refractivity contribution < 1.29 is 4.79 Å². The van der Waals surface area contributed by atoms with E-state index in [1.807, 2.05) is 26.8 Å². The Labute approximate surface area is 79.0 Å². The molecule has 0 aromatic carbocycles. The number of pyridine rings is 1. The van der Waals surface area contributed by atoms with Crippen LogP contribution in [0.1, 0.15) is 36.2 Å². The maximum absolute atomic E-state index is 11.7. The summed E-state index contributed by atoms with van der Waals surface area (Å²) in [5, 5.41) is 0. The third kappa shape index (κ3) is 2.38. The van der Waals surface area contributed by atoms with E-state index in [2.05, 4.69) is 4.98 Å². The van der Waals surface area contributed by atoms with E-state index < -0.39 is 0 Å². The molecule has 0 amide bonds. The van der Waals surface area contributed by atoms with Crippen molar-refractivity contribution in [3.05, 3.63) is 29.6 Å². The minimum absolute atomic E-state index is 0.101. The number of hydrogen-bond donors (Lipinski definition) is 0. The van der Waals surface area contributed by atoms with Gasteiger partial charge in [-0.25, -0.2) is 0 Å². The van der Waals surface area contributed by atoms with Gasteiger partial charge in [-0.2, -0.15) is 0 Å². The smallest absolute Gasteiger partial charge is 0.167 e. The summed E-state index contributed by atoms with van der Waals surface area (Å²) in [6.45, 7) is 5.91. The second-order valence-corrected chi connectivity index (χ2v) is 3.42. The SMILES string of the molecule is CCC(C)C(=O)c1cncc(C)c1. The normalized spacial score (nSPS) is 12.5. The molecule has 0 N–H and O–H groups in total. The summed E-state index contributed by atoms with van der Waals surface area (Å²) in [6.07, 6.45) is 4.28. The van der Waals surface area contributed by atoms with E-state index in [4.69, 9.17) is 0 Å². The summed E-state index contributed by atoms with van der Waals surface area (Å²) in [5.41, 5.74) is 1.77. The fourth-order valence-electron chi connectivity index (χ4n) is 1.16. The largest absolute Gasteiger partial charge is 0.294 e. The zero-order chi connectivity index (χ0) is 9.84. The molecule has 1 aromatic heterocycles. The molecule has 1 atom stereocenters. The van der Waals surface area contributed by atoms with Gasteiger partial charge in [0.2, 0.25) is 0 Å². The quantitative estimate of drug-likeness (QED) is 0.664. The van der Waals surface area contributed by atoms with Crippen molar-refractivity contribution in [1.82, 2.24) is 4.98 Å². The molecule has 70 valence electrons. The predicted molar refractivity (Wildman–Crippen MR) is 52.8 cm³/mol. The first-order valence-corrected chi connectivity index (χ1v) is 4.61. The molecule has 0 saturated carbocycles. The molecule has 1 rings (SSSR count). The monoisotopic (exact) mass is 177 g/mol. The number of aryl methyl sites for hydroxylation is 1. The Morgan fingerprint density at radius 1 is 1.54 bits per heavy atom. The molecule has 0 spiro atoms. The van der Waals surface area contributed by atoms with Crippen LogP contribution in [-0.4, -0.2) is 10.8 Å². The molecule has 0 saturated heterocycles. The first-order valence-electron chi connectivity index (χ1n) is 4.61. The van der Waals surface area contributed by atoms with E-state index in [0.29, 0.717) is 0 Å². The van der Waals surface area contributed by atoms with Crippen LogP contribution >= 0.6 is 0 Å². The van der Waals surface area contributed by atoms with Crippen LogP contribution in [0, 0.1) is 12.8 Å². The van der Waals surface area contributed by atoms with Gasteiger partial charge in [-0.15, -0.1) is 0 Å². The summed E-state index contributed by atoms with van der Waals surface area (Å²) in [4.78, 5) is 15.7. The fourth-order valence-corrected chi connectivity index (χ4v) is 1.16. The standard InChI is InChI=1S/C11H15NO/c1-4-9(3)11(13)10-5-8(2)6-12-7-10/h5-7,9H,4H2,1-3H3. The molecular formula is C11H15NO. The van der Waals surface area contributed by atoms with Crippen molar-refractivity contribution in [3.63, 3.8) is 0 Å². The van der Waals surface area contributed by atoms with Crippen LogP contribution in [0.2, 0.25) is 0 Å². The van der Waals surface area contributed by atoms with Gasteiger partial charge in [-0.3, -0.25) is 9.78 Å². The van der Waals surface area contributed by atoms with Crippen molar-refractivity contribution in [2.24, 2.45) is 5.92 Å². The van der Waals surface area contributed by atoms with Gasteiger partial charge in [0.15, 0.2) is 5.78 Å². The first-order chi connectivity index (χ1) is 6.15. The highest BCUT2D eigenvalue weighted by atomic mass is 16.1. The van der Waals surface area contributed by atoms with Gasteiger partial charge in [0.1, 0.15) is 0 Å². The molecule has 1 unspecified atom stereocenters. The van der Waals surface area contributed by atoms with E-state index in [-0.39, 0.29) is 11.7 Å². The van der Waals surface area contributed by atoms with Crippen LogP contribution in [0.15, 0.2) is 18.5 Å². The number of carbonyl (C=O) groups excluding carboxylic acids is 1. The molecular weight excluding hydrogens is 162 g/mol. The topological polar surface area (TPSA) is 30.0 Å². The molecule has 2 heteroatoms. The zero-order valence-electron chi connectivity index (χ0n) is 8.37. The van der Waals surface area contributed by atoms with Gasteiger partial charge in [-0.1, -0.05) is 13.8 Å². The van der Waals surface area contributed by atoms with Gasteiger partial charge in [0.25, 0.3) is 0 Å². The molecule has 2 nitrogen and oxygen atoms in total. The van der Waals surface area contributed by atoms with Gasteiger partial charge in [0, 0.05) is 23.9 Å². The lowest BCUT2D eigenvalue weighted by Gasteiger charge is -2.06. The van der Waals surface area contributed by atoms with E-state index >= 15 is 0 Å². The number of ketones is 1.